The van der Waals surface area contributed by atoms with Crippen LogP contribution in [0.4, 0.5) is 0 Å². The summed E-state index contributed by atoms with van der Waals surface area (Å²) >= 11 is 1.75. The molecule has 0 unspecified atom stereocenters. The number of rotatable bonds is 6. The van der Waals surface area contributed by atoms with Gasteiger partial charge in [-0.2, -0.15) is 0 Å². The van der Waals surface area contributed by atoms with Gasteiger partial charge in [0, 0.05) is 4.88 Å². The number of thiophene rings is 1. The minimum absolute atomic E-state index is 0.0696. The standard InChI is InChI=1S/C16H20OS/c1-16(2,17-13-15-9-6-12-18-15)11-10-14-7-4-3-5-8-14/h3-9,12H,10-11,13H2,1-2H3. The van der Waals surface area contributed by atoms with Crippen LogP contribution in [0.5, 0.6) is 0 Å². The fraction of sp³-hybridized carbons (Fsp3) is 0.375. The highest BCUT2D eigenvalue weighted by molar-refractivity contribution is 7.09. The number of ether oxygens (including phenoxy) is 1. The molecule has 1 aromatic heterocycles. The van der Waals surface area contributed by atoms with Gasteiger partial charge < -0.3 is 4.74 Å². The van der Waals surface area contributed by atoms with E-state index in [0.717, 1.165) is 19.4 Å². The molecule has 1 nitrogen and oxygen atoms in total. The number of hydrogen-bond donors (Lipinski definition) is 0. The van der Waals surface area contributed by atoms with E-state index in [9.17, 15) is 0 Å². The second-order valence-corrected chi connectivity index (χ2v) is 6.15. The Kier molecular flexibility index (Phi) is 4.56. The van der Waals surface area contributed by atoms with Crippen LogP contribution in [0.3, 0.4) is 0 Å². The summed E-state index contributed by atoms with van der Waals surface area (Å²) in [6.45, 7) is 5.06. The Bertz CT molecular complexity index is 445. The molecule has 1 aromatic carbocycles. The second kappa shape index (κ2) is 6.17. The van der Waals surface area contributed by atoms with Crippen LogP contribution >= 0.6 is 11.3 Å². The second-order valence-electron chi connectivity index (χ2n) is 5.11. The molecule has 1 heterocycles. The van der Waals surface area contributed by atoms with Crippen molar-refractivity contribution in [3.8, 4) is 0 Å². The Morgan fingerprint density at radius 2 is 1.83 bits per heavy atom. The summed E-state index contributed by atoms with van der Waals surface area (Å²) in [7, 11) is 0. The molecule has 0 aliphatic carbocycles. The Morgan fingerprint density at radius 3 is 2.50 bits per heavy atom. The van der Waals surface area contributed by atoms with E-state index >= 15 is 0 Å². The average molecular weight is 260 g/mol. The topological polar surface area (TPSA) is 9.23 Å². The fourth-order valence-corrected chi connectivity index (χ4v) is 2.44. The monoisotopic (exact) mass is 260 g/mol. The summed E-state index contributed by atoms with van der Waals surface area (Å²) < 4.78 is 6.01. The molecule has 0 N–H and O–H groups in total. The average Bonchev–Trinajstić information content (AvgIpc) is 2.89. The lowest BCUT2D eigenvalue weighted by molar-refractivity contribution is -0.0335. The van der Waals surface area contributed by atoms with Crippen molar-refractivity contribution >= 4 is 11.3 Å². The molecule has 0 spiro atoms. The molecular formula is C16H20OS. The Balaban J connectivity index is 1.80. The molecule has 0 radical (unpaired) electrons. The van der Waals surface area contributed by atoms with E-state index in [1.807, 2.05) is 0 Å². The van der Waals surface area contributed by atoms with E-state index < -0.39 is 0 Å². The Hall–Kier alpha value is -1.12. The van der Waals surface area contributed by atoms with Gasteiger partial charge in [-0.15, -0.1) is 11.3 Å². The van der Waals surface area contributed by atoms with Gasteiger partial charge in [-0.1, -0.05) is 36.4 Å². The van der Waals surface area contributed by atoms with Crippen LogP contribution < -0.4 is 0 Å². The highest BCUT2D eigenvalue weighted by Gasteiger charge is 2.18. The maximum atomic E-state index is 6.01. The largest absolute Gasteiger partial charge is 0.370 e. The van der Waals surface area contributed by atoms with Gasteiger partial charge in [0.05, 0.1) is 12.2 Å². The molecule has 0 atom stereocenters. The lowest BCUT2D eigenvalue weighted by Gasteiger charge is -2.25. The van der Waals surface area contributed by atoms with Gasteiger partial charge in [-0.05, 0) is 43.7 Å². The molecule has 0 bridgehead atoms. The van der Waals surface area contributed by atoms with Crippen molar-refractivity contribution < 1.29 is 4.74 Å². The van der Waals surface area contributed by atoms with Crippen LogP contribution in [0.15, 0.2) is 47.8 Å². The lowest BCUT2D eigenvalue weighted by atomic mass is 9.98. The van der Waals surface area contributed by atoms with Crippen molar-refractivity contribution in [3.05, 3.63) is 58.3 Å². The lowest BCUT2D eigenvalue weighted by Crippen LogP contribution is -2.24. The van der Waals surface area contributed by atoms with Gasteiger partial charge in [-0.25, -0.2) is 0 Å². The van der Waals surface area contributed by atoms with Crippen LogP contribution in [-0.4, -0.2) is 5.60 Å². The maximum absolute atomic E-state index is 6.01. The van der Waals surface area contributed by atoms with Crippen molar-refractivity contribution in [1.29, 1.82) is 0 Å². The van der Waals surface area contributed by atoms with Gasteiger partial charge >= 0.3 is 0 Å². The summed E-state index contributed by atoms with van der Waals surface area (Å²) in [6.07, 6.45) is 2.11. The molecule has 0 saturated heterocycles. The Labute approximate surface area is 113 Å². The van der Waals surface area contributed by atoms with Crippen molar-refractivity contribution in [2.75, 3.05) is 0 Å². The van der Waals surface area contributed by atoms with Crippen molar-refractivity contribution in [2.24, 2.45) is 0 Å². The summed E-state index contributed by atoms with van der Waals surface area (Å²) in [5.74, 6) is 0. The molecule has 0 aliphatic rings. The summed E-state index contributed by atoms with van der Waals surface area (Å²) in [5.41, 5.74) is 1.31. The molecule has 2 rings (SSSR count). The van der Waals surface area contributed by atoms with Crippen LogP contribution in [-0.2, 0) is 17.8 Å². The van der Waals surface area contributed by atoms with Gasteiger partial charge in [0.2, 0.25) is 0 Å². The Morgan fingerprint density at radius 1 is 1.06 bits per heavy atom. The van der Waals surface area contributed by atoms with E-state index in [2.05, 4.69) is 61.7 Å². The molecule has 0 fully saturated rings. The first kappa shape index (κ1) is 13.3. The minimum atomic E-state index is -0.0696. The molecule has 0 saturated carbocycles. The molecule has 96 valence electrons. The third-order valence-corrected chi connectivity index (χ3v) is 3.89. The van der Waals surface area contributed by atoms with Gasteiger partial charge in [0.15, 0.2) is 0 Å². The predicted octanol–water partition coefficient (Wildman–Crippen LogP) is 4.68. The normalized spacial score (nSPS) is 11.7. The highest BCUT2D eigenvalue weighted by Crippen LogP contribution is 2.21. The molecular weight excluding hydrogens is 240 g/mol. The van der Waals surface area contributed by atoms with Crippen molar-refractivity contribution in [1.82, 2.24) is 0 Å². The van der Waals surface area contributed by atoms with E-state index in [1.165, 1.54) is 10.4 Å². The molecule has 0 aliphatic heterocycles. The third-order valence-electron chi connectivity index (χ3n) is 3.04. The third kappa shape index (κ3) is 4.28. The zero-order valence-electron chi connectivity index (χ0n) is 11.1. The van der Waals surface area contributed by atoms with Gasteiger partial charge in [0.1, 0.15) is 0 Å². The van der Waals surface area contributed by atoms with Crippen LogP contribution in [0.25, 0.3) is 0 Å². The summed E-state index contributed by atoms with van der Waals surface area (Å²) in [5, 5.41) is 2.09. The fourth-order valence-electron chi connectivity index (χ4n) is 1.82. The minimum Gasteiger partial charge on any atom is -0.370 e. The smallest absolute Gasteiger partial charge is 0.0816 e. The first-order valence-electron chi connectivity index (χ1n) is 6.36. The number of hydrogen-bond acceptors (Lipinski definition) is 2. The van der Waals surface area contributed by atoms with Crippen molar-refractivity contribution in [3.63, 3.8) is 0 Å². The summed E-state index contributed by atoms with van der Waals surface area (Å²) in [6, 6.07) is 14.8. The van der Waals surface area contributed by atoms with Crippen molar-refractivity contribution in [2.45, 2.75) is 38.9 Å². The predicted molar refractivity (Wildman–Crippen MR) is 78.0 cm³/mol. The SMILES string of the molecule is CC(C)(CCc1ccccc1)OCc1cccs1. The van der Waals surface area contributed by atoms with Crippen LogP contribution in [0.1, 0.15) is 30.7 Å². The molecule has 18 heavy (non-hydrogen) atoms. The molecule has 2 aromatic rings. The molecule has 2 heteroatoms. The zero-order valence-corrected chi connectivity index (χ0v) is 11.9. The van der Waals surface area contributed by atoms with E-state index in [0.29, 0.717) is 0 Å². The highest BCUT2D eigenvalue weighted by atomic mass is 32.1. The first-order valence-corrected chi connectivity index (χ1v) is 7.24. The van der Waals surface area contributed by atoms with E-state index in [-0.39, 0.29) is 5.60 Å². The van der Waals surface area contributed by atoms with Gasteiger partial charge in [0.25, 0.3) is 0 Å². The van der Waals surface area contributed by atoms with Crippen LogP contribution in [0, 0.1) is 0 Å². The quantitative estimate of drug-likeness (QED) is 0.733. The van der Waals surface area contributed by atoms with E-state index in [1.54, 1.807) is 11.3 Å². The molecule has 0 amide bonds. The van der Waals surface area contributed by atoms with Gasteiger partial charge in [-0.3, -0.25) is 0 Å². The summed E-state index contributed by atoms with van der Waals surface area (Å²) in [4.78, 5) is 1.29. The maximum Gasteiger partial charge on any atom is 0.0816 e. The first-order chi connectivity index (χ1) is 8.66. The van der Waals surface area contributed by atoms with E-state index in [4.69, 9.17) is 4.74 Å². The zero-order chi connectivity index (χ0) is 12.8. The van der Waals surface area contributed by atoms with Crippen LogP contribution in [0.2, 0.25) is 0 Å². The number of benzene rings is 1. The number of aryl methyl sites for hydroxylation is 1.